The van der Waals surface area contributed by atoms with Crippen LogP contribution in [0.1, 0.15) is 79.1 Å². The summed E-state index contributed by atoms with van der Waals surface area (Å²) in [5.74, 6) is -0.788. The van der Waals surface area contributed by atoms with Crippen molar-refractivity contribution in [3.8, 4) is 0 Å². The Bertz CT molecular complexity index is 447. The topological polar surface area (TPSA) is 61.8 Å². The van der Waals surface area contributed by atoms with Crippen molar-refractivity contribution in [1.29, 1.82) is 0 Å². The second-order valence-electron chi connectivity index (χ2n) is 7.59. The minimum atomic E-state index is -3.81. The Labute approximate surface area is 188 Å². The van der Waals surface area contributed by atoms with Crippen LogP contribution in [0.15, 0.2) is 25.3 Å². The molecule has 0 heterocycles. The molecule has 29 heavy (non-hydrogen) atoms. The van der Waals surface area contributed by atoms with Crippen LogP contribution >= 0.6 is 0 Å². The van der Waals surface area contributed by atoms with Crippen LogP contribution in [0, 0.1) is 0 Å². The first-order chi connectivity index (χ1) is 13.9. The van der Waals surface area contributed by atoms with Crippen LogP contribution < -0.4 is 0 Å². The van der Waals surface area contributed by atoms with E-state index in [1.807, 2.05) is 0 Å². The summed E-state index contributed by atoms with van der Waals surface area (Å²) in [7, 11) is 0. The SMILES string of the molecule is C=CC(=O)[O][Sn]([CH2]CCC)([CH2]CCC)[O][Sn]([CH2]CCC)([CH2]CCC)[O]C(=O)C=C. The Morgan fingerprint density at radius 1 is 0.655 bits per heavy atom. The van der Waals surface area contributed by atoms with Crippen molar-refractivity contribution < 1.29 is 17.1 Å². The van der Waals surface area contributed by atoms with Gasteiger partial charge in [0, 0.05) is 0 Å². The van der Waals surface area contributed by atoms with Crippen molar-refractivity contribution in [1.82, 2.24) is 0 Å². The van der Waals surface area contributed by atoms with Crippen LogP contribution in [-0.2, 0) is 17.1 Å². The van der Waals surface area contributed by atoms with Crippen molar-refractivity contribution in [2.75, 3.05) is 0 Å². The van der Waals surface area contributed by atoms with E-state index in [-0.39, 0.29) is 0 Å². The zero-order valence-electron chi connectivity index (χ0n) is 19.1. The van der Waals surface area contributed by atoms with Gasteiger partial charge in [0.05, 0.1) is 0 Å². The van der Waals surface area contributed by atoms with Crippen LogP contribution in [-0.4, -0.2) is 50.3 Å². The number of rotatable bonds is 18. The molecule has 0 radical (unpaired) electrons. The molecule has 0 atom stereocenters. The van der Waals surface area contributed by atoms with Gasteiger partial charge in [-0.15, -0.1) is 0 Å². The molecule has 0 aromatic rings. The Hall–Kier alpha value is -0.0226. The normalized spacial score (nSPS) is 11.7. The average Bonchev–Trinajstić information content (AvgIpc) is 2.73. The maximum absolute atomic E-state index is 12.3. The third-order valence-corrected chi connectivity index (χ3v) is 37.3. The van der Waals surface area contributed by atoms with Gasteiger partial charge in [0.1, 0.15) is 0 Å². The molecule has 0 aromatic carbocycles. The van der Waals surface area contributed by atoms with Crippen LogP contribution in [0.5, 0.6) is 0 Å². The summed E-state index contributed by atoms with van der Waals surface area (Å²) in [5.41, 5.74) is 0. The molecule has 0 N–H and O–H groups in total. The van der Waals surface area contributed by atoms with E-state index in [0.717, 1.165) is 69.1 Å². The Morgan fingerprint density at radius 3 is 1.14 bits per heavy atom. The van der Waals surface area contributed by atoms with E-state index in [4.69, 9.17) is 7.56 Å². The van der Waals surface area contributed by atoms with Gasteiger partial charge in [-0.2, -0.15) is 0 Å². The van der Waals surface area contributed by atoms with Gasteiger partial charge in [0.2, 0.25) is 0 Å². The summed E-state index contributed by atoms with van der Waals surface area (Å²) in [6.07, 6.45) is 10.4. The first-order valence-electron chi connectivity index (χ1n) is 11.3. The summed E-state index contributed by atoms with van der Waals surface area (Å²) in [6, 6.07) is 0. The predicted molar refractivity (Wildman–Crippen MR) is 124 cm³/mol. The van der Waals surface area contributed by atoms with Gasteiger partial charge in [-0.05, 0) is 0 Å². The molecule has 0 rings (SSSR count). The second kappa shape index (κ2) is 16.6. The second-order valence-corrected chi connectivity index (χ2v) is 29.3. The Kier molecular flexibility index (Phi) is 16.6. The summed E-state index contributed by atoms with van der Waals surface area (Å²) in [4.78, 5) is 24.6. The fourth-order valence-electron chi connectivity index (χ4n) is 3.27. The molecule has 7 heteroatoms. The average molecular weight is 624 g/mol. The van der Waals surface area contributed by atoms with E-state index in [9.17, 15) is 9.59 Å². The molecule has 0 saturated carbocycles. The van der Waals surface area contributed by atoms with E-state index < -0.39 is 50.3 Å². The molecule has 0 spiro atoms. The molecule has 168 valence electrons. The van der Waals surface area contributed by atoms with E-state index in [2.05, 4.69) is 40.9 Å². The van der Waals surface area contributed by atoms with Crippen molar-refractivity contribution in [2.45, 2.75) is 96.8 Å². The number of carbonyl (C=O) groups excluding carboxylic acids is 2. The summed E-state index contributed by atoms with van der Waals surface area (Å²) >= 11 is -7.63. The molecule has 0 saturated heterocycles. The number of hydrogen-bond donors (Lipinski definition) is 0. The summed E-state index contributed by atoms with van der Waals surface area (Å²) in [6.45, 7) is 15.7. The third-order valence-electron chi connectivity index (χ3n) is 4.92. The van der Waals surface area contributed by atoms with Crippen molar-refractivity contribution in [3.05, 3.63) is 25.3 Å². The van der Waals surface area contributed by atoms with Gasteiger partial charge in [-0.25, -0.2) is 0 Å². The maximum atomic E-state index is 12.3. The summed E-state index contributed by atoms with van der Waals surface area (Å²) < 4.78 is 22.4. The van der Waals surface area contributed by atoms with Crippen molar-refractivity contribution in [3.63, 3.8) is 0 Å². The van der Waals surface area contributed by atoms with Crippen molar-refractivity contribution >= 4 is 50.3 Å². The van der Waals surface area contributed by atoms with Gasteiger partial charge in [-0.1, -0.05) is 0 Å². The van der Waals surface area contributed by atoms with Crippen LogP contribution in [0.3, 0.4) is 0 Å². The summed E-state index contributed by atoms with van der Waals surface area (Å²) in [5, 5.41) is 0. The van der Waals surface area contributed by atoms with E-state index in [0.29, 0.717) is 0 Å². The van der Waals surface area contributed by atoms with Gasteiger partial charge in [-0.3, -0.25) is 0 Å². The molecular weight excluding hydrogens is 582 g/mol. The fraction of sp³-hybridized carbons (Fsp3) is 0.727. The van der Waals surface area contributed by atoms with Gasteiger partial charge < -0.3 is 0 Å². The van der Waals surface area contributed by atoms with Crippen LogP contribution in [0.25, 0.3) is 0 Å². The minimum absolute atomic E-state index is 0.394. The van der Waals surface area contributed by atoms with Gasteiger partial charge in [0.15, 0.2) is 0 Å². The molecule has 0 fully saturated rings. The standard InChI is InChI=1S/4C4H9.2C3H4O2.O.2Sn/c4*1-3-4-2;2*1-2-3(4)5;;;/h4*1,3-4H2,2H3;2*2H,1H2,(H,4,5);;;/q;;;;;;;2*+1/p-2. The number of hydrogen-bond acceptors (Lipinski definition) is 5. The molecule has 0 aliphatic carbocycles. The fourth-order valence-corrected chi connectivity index (χ4v) is 44.4. The quantitative estimate of drug-likeness (QED) is 0.128. The van der Waals surface area contributed by atoms with Gasteiger partial charge in [0.25, 0.3) is 0 Å². The zero-order chi connectivity index (χ0) is 22.2. The first kappa shape index (κ1) is 29.0. The first-order valence-corrected chi connectivity index (χ1v) is 24.0. The predicted octanol–water partition coefficient (Wildman–Crippen LogP) is 6.55. The zero-order valence-corrected chi connectivity index (χ0v) is 24.8. The van der Waals surface area contributed by atoms with E-state index in [1.165, 1.54) is 12.2 Å². The molecule has 5 nitrogen and oxygen atoms in total. The molecule has 0 unspecified atom stereocenters. The molecule has 0 amide bonds. The molecule has 0 bridgehead atoms. The Morgan fingerprint density at radius 2 is 0.931 bits per heavy atom. The number of unbranched alkanes of at least 4 members (excludes halogenated alkanes) is 4. The molecule has 0 aliphatic heterocycles. The number of carbonyl (C=O) groups is 2. The Balaban J connectivity index is 6.12. The van der Waals surface area contributed by atoms with Gasteiger partial charge >= 0.3 is 190 Å². The van der Waals surface area contributed by atoms with Crippen LogP contribution in [0.2, 0.25) is 17.7 Å². The van der Waals surface area contributed by atoms with E-state index in [1.54, 1.807) is 0 Å². The monoisotopic (exact) mass is 626 g/mol. The van der Waals surface area contributed by atoms with E-state index >= 15 is 0 Å². The van der Waals surface area contributed by atoms with Crippen molar-refractivity contribution in [2.24, 2.45) is 0 Å². The molecule has 0 aliphatic rings. The van der Waals surface area contributed by atoms with Crippen LogP contribution in [0.4, 0.5) is 0 Å². The third kappa shape index (κ3) is 11.8. The molecule has 0 aromatic heterocycles. The molecular formula is C22H42O5Sn2.